The highest BCUT2D eigenvalue weighted by Crippen LogP contribution is 2.25. The molecule has 0 spiro atoms. The largest absolute Gasteiger partial charge is 0.355 e. The zero-order chi connectivity index (χ0) is 18.9. The second kappa shape index (κ2) is 7.46. The van der Waals surface area contributed by atoms with Gasteiger partial charge < -0.3 is 4.90 Å². The van der Waals surface area contributed by atoms with Gasteiger partial charge in [-0.1, -0.05) is 13.0 Å². The van der Waals surface area contributed by atoms with E-state index in [1.54, 1.807) is 18.2 Å². The molecular weight excluding hydrogens is 360 g/mol. The maximum atomic E-state index is 12.7. The standard InChI is InChI=1S/C20H26N4O2S/c1-15-10-12-24(13-11-15)20-9-8-19(21-22-20)23-27(25,26)18-7-6-16-4-2-3-5-17(16)14-18/h6-9,14-15H,2-5,10-13H2,1H3,(H,21,23). The molecule has 1 aliphatic heterocycles. The number of aryl methyl sites for hydroxylation is 2. The molecule has 0 atom stereocenters. The van der Waals surface area contributed by atoms with Crippen molar-refractivity contribution >= 4 is 21.7 Å². The van der Waals surface area contributed by atoms with Gasteiger partial charge in [0.25, 0.3) is 10.0 Å². The number of anilines is 2. The van der Waals surface area contributed by atoms with E-state index in [9.17, 15) is 8.42 Å². The molecule has 0 amide bonds. The summed E-state index contributed by atoms with van der Waals surface area (Å²) in [7, 11) is -3.66. The fourth-order valence-corrected chi connectivity index (χ4v) is 4.91. The van der Waals surface area contributed by atoms with Crippen molar-refractivity contribution in [3.8, 4) is 0 Å². The molecule has 2 aromatic rings. The van der Waals surface area contributed by atoms with Crippen molar-refractivity contribution in [3.05, 3.63) is 41.5 Å². The molecule has 1 fully saturated rings. The minimum Gasteiger partial charge on any atom is -0.355 e. The summed E-state index contributed by atoms with van der Waals surface area (Å²) in [5.41, 5.74) is 2.41. The van der Waals surface area contributed by atoms with Crippen LogP contribution in [0.25, 0.3) is 0 Å². The molecule has 1 aromatic heterocycles. The Hall–Kier alpha value is -2.15. The summed E-state index contributed by atoms with van der Waals surface area (Å²) >= 11 is 0. The first-order valence-electron chi connectivity index (χ1n) is 9.74. The number of hydrogen-bond donors (Lipinski definition) is 1. The zero-order valence-electron chi connectivity index (χ0n) is 15.7. The summed E-state index contributed by atoms with van der Waals surface area (Å²) in [6, 6.07) is 8.95. The maximum Gasteiger partial charge on any atom is 0.263 e. The average Bonchev–Trinajstić information content (AvgIpc) is 2.68. The lowest BCUT2D eigenvalue weighted by Crippen LogP contribution is -2.33. The van der Waals surface area contributed by atoms with Crippen molar-refractivity contribution in [2.75, 3.05) is 22.7 Å². The van der Waals surface area contributed by atoms with E-state index in [2.05, 4.69) is 26.7 Å². The Morgan fingerprint density at radius 3 is 2.44 bits per heavy atom. The lowest BCUT2D eigenvalue weighted by Gasteiger charge is -2.30. The number of piperidine rings is 1. The molecule has 0 unspecified atom stereocenters. The van der Waals surface area contributed by atoms with Crippen LogP contribution in [-0.4, -0.2) is 31.7 Å². The smallest absolute Gasteiger partial charge is 0.263 e. The molecule has 7 heteroatoms. The highest BCUT2D eigenvalue weighted by Gasteiger charge is 2.20. The van der Waals surface area contributed by atoms with E-state index in [1.807, 2.05) is 12.1 Å². The number of fused-ring (bicyclic) bond motifs is 1. The SMILES string of the molecule is CC1CCN(c2ccc(NS(=O)(=O)c3ccc4c(c3)CCCC4)nn2)CC1. The van der Waals surface area contributed by atoms with Gasteiger partial charge in [-0.25, -0.2) is 8.42 Å². The fraction of sp³-hybridized carbons (Fsp3) is 0.500. The minimum atomic E-state index is -3.66. The summed E-state index contributed by atoms with van der Waals surface area (Å²) in [4.78, 5) is 2.49. The molecule has 1 aliphatic carbocycles. The summed E-state index contributed by atoms with van der Waals surface area (Å²) in [5, 5.41) is 8.31. The van der Waals surface area contributed by atoms with Crippen molar-refractivity contribution in [2.24, 2.45) is 5.92 Å². The lowest BCUT2D eigenvalue weighted by atomic mass is 9.92. The molecule has 6 nitrogen and oxygen atoms in total. The average molecular weight is 387 g/mol. The van der Waals surface area contributed by atoms with Crippen molar-refractivity contribution in [3.63, 3.8) is 0 Å². The van der Waals surface area contributed by atoms with Crippen LogP contribution in [0.5, 0.6) is 0 Å². The third kappa shape index (κ3) is 4.08. The summed E-state index contributed by atoms with van der Waals surface area (Å²) in [6.45, 7) is 4.20. The summed E-state index contributed by atoms with van der Waals surface area (Å²) in [5.74, 6) is 1.80. The minimum absolute atomic E-state index is 0.252. The van der Waals surface area contributed by atoms with E-state index < -0.39 is 10.0 Å². The highest BCUT2D eigenvalue weighted by atomic mass is 32.2. The van der Waals surface area contributed by atoms with Crippen LogP contribution in [0, 0.1) is 5.92 Å². The van der Waals surface area contributed by atoms with Crippen LogP contribution in [0.4, 0.5) is 11.6 Å². The van der Waals surface area contributed by atoms with Gasteiger partial charge in [-0.3, -0.25) is 4.72 Å². The Balaban J connectivity index is 1.48. The quantitative estimate of drug-likeness (QED) is 0.872. The van der Waals surface area contributed by atoms with Gasteiger partial charge >= 0.3 is 0 Å². The van der Waals surface area contributed by atoms with Gasteiger partial charge in [0.15, 0.2) is 11.6 Å². The van der Waals surface area contributed by atoms with Crippen LogP contribution < -0.4 is 9.62 Å². The number of nitrogens with zero attached hydrogens (tertiary/aromatic N) is 3. The summed E-state index contributed by atoms with van der Waals surface area (Å²) < 4.78 is 28.0. The zero-order valence-corrected chi connectivity index (χ0v) is 16.5. The molecule has 1 N–H and O–H groups in total. The van der Waals surface area contributed by atoms with Crippen molar-refractivity contribution in [1.29, 1.82) is 0 Å². The van der Waals surface area contributed by atoms with E-state index >= 15 is 0 Å². The van der Waals surface area contributed by atoms with Crippen molar-refractivity contribution < 1.29 is 8.42 Å². The number of hydrogen-bond acceptors (Lipinski definition) is 5. The molecular formula is C20H26N4O2S. The molecule has 27 heavy (non-hydrogen) atoms. The molecule has 0 bridgehead atoms. The topological polar surface area (TPSA) is 75.2 Å². The Bertz CT molecular complexity index is 904. The maximum absolute atomic E-state index is 12.7. The predicted molar refractivity (Wildman–Crippen MR) is 107 cm³/mol. The van der Waals surface area contributed by atoms with Gasteiger partial charge in [-0.15, -0.1) is 10.2 Å². The number of aromatic nitrogens is 2. The molecule has 2 heterocycles. The number of sulfonamides is 1. The Kier molecular flexibility index (Phi) is 5.04. The van der Waals surface area contributed by atoms with Crippen molar-refractivity contribution in [1.82, 2.24) is 10.2 Å². The van der Waals surface area contributed by atoms with E-state index in [1.165, 1.54) is 12.0 Å². The molecule has 0 saturated carbocycles. The monoisotopic (exact) mass is 386 g/mol. The summed E-state index contributed by atoms with van der Waals surface area (Å²) in [6.07, 6.45) is 6.57. The van der Waals surface area contributed by atoms with E-state index in [0.29, 0.717) is 4.90 Å². The molecule has 1 aromatic carbocycles. The van der Waals surface area contributed by atoms with Crippen LogP contribution in [0.15, 0.2) is 35.2 Å². The van der Waals surface area contributed by atoms with Gasteiger partial charge in [0.1, 0.15) is 0 Å². The first kappa shape index (κ1) is 18.2. The third-order valence-electron chi connectivity index (χ3n) is 5.63. The van der Waals surface area contributed by atoms with Gasteiger partial charge in [0, 0.05) is 13.1 Å². The highest BCUT2D eigenvalue weighted by molar-refractivity contribution is 7.92. The van der Waals surface area contributed by atoms with Gasteiger partial charge in [-0.05, 0) is 79.8 Å². The van der Waals surface area contributed by atoms with Crippen LogP contribution in [-0.2, 0) is 22.9 Å². The Morgan fingerprint density at radius 1 is 1.00 bits per heavy atom. The molecule has 144 valence electrons. The van der Waals surface area contributed by atoms with Crippen LogP contribution in [0.1, 0.15) is 43.7 Å². The van der Waals surface area contributed by atoms with Gasteiger partial charge in [0.2, 0.25) is 0 Å². The molecule has 0 radical (unpaired) electrons. The second-order valence-corrected chi connectivity index (χ2v) is 9.37. The molecule has 4 rings (SSSR count). The van der Waals surface area contributed by atoms with Crippen LogP contribution >= 0.6 is 0 Å². The van der Waals surface area contributed by atoms with E-state index in [-0.39, 0.29) is 5.82 Å². The Morgan fingerprint density at radius 2 is 1.74 bits per heavy atom. The number of rotatable bonds is 4. The lowest BCUT2D eigenvalue weighted by molar-refractivity contribution is 0.436. The molecule has 2 aliphatic rings. The predicted octanol–water partition coefficient (Wildman–Crippen LogP) is 3.39. The normalized spacial score (nSPS) is 18.2. The fourth-order valence-electron chi connectivity index (χ4n) is 3.86. The van der Waals surface area contributed by atoms with Crippen LogP contribution in [0.2, 0.25) is 0 Å². The second-order valence-electron chi connectivity index (χ2n) is 7.69. The van der Waals surface area contributed by atoms with Crippen LogP contribution in [0.3, 0.4) is 0 Å². The first-order chi connectivity index (χ1) is 13.0. The molecule has 1 saturated heterocycles. The van der Waals surface area contributed by atoms with E-state index in [4.69, 9.17) is 0 Å². The van der Waals surface area contributed by atoms with Crippen molar-refractivity contribution in [2.45, 2.75) is 50.3 Å². The third-order valence-corrected chi connectivity index (χ3v) is 6.98. The number of benzene rings is 1. The Labute approximate surface area is 161 Å². The number of nitrogens with one attached hydrogen (secondary N) is 1. The van der Waals surface area contributed by atoms with E-state index in [0.717, 1.165) is 62.5 Å². The van der Waals surface area contributed by atoms with Gasteiger partial charge in [-0.2, -0.15) is 0 Å². The van der Waals surface area contributed by atoms with Gasteiger partial charge in [0.05, 0.1) is 4.90 Å². The first-order valence-corrected chi connectivity index (χ1v) is 11.2.